The third-order valence-electron chi connectivity index (χ3n) is 3.88. The molecular formula is C15H23FN2. The number of anilines is 1. The molecule has 3 heteroatoms. The van der Waals surface area contributed by atoms with E-state index < -0.39 is 0 Å². The first kappa shape index (κ1) is 13.3. The lowest BCUT2D eigenvalue weighted by atomic mass is 9.80. The highest BCUT2D eigenvalue weighted by molar-refractivity contribution is 5.41. The van der Waals surface area contributed by atoms with Gasteiger partial charge in [0, 0.05) is 18.8 Å². The molecule has 1 fully saturated rings. The van der Waals surface area contributed by atoms with Crippen LogP contribution in [-0.2, 0) is 6.54 Å². The first-order valence-electron chi connectivity index (χ1n) is 6.62. The second-order valence-electron chi connectivity index (χ2n) is 6.48. The molecule has 0 amide bonds. The zero-order chi connectivity index (χ0) is 13.3. The van der Waals surface area contributed by atoms with E-state index in [4.69, 9.17) is 5.73 Å². The van der Waals surface area contributed by atoms with Crippen molar-refractivity contribution in [2.24, 2.45) is 11.3 Å². The van der Waals surface area contributed by atoms with E-state index in [1.54, 1.807) is 6.07 Å². The molecule has 2 rings (SSSR count). The third-order valence-corrected chi connectivity index (χ3v) is 3.88. The van der Waals surface area contributed by atoms with Crippen LogP contribution in [0, 0.1) is 17.2 Å². The van der Waals surface area contributed by atoms with Crippen molar-refractivity contribution in [2.75, 3.05) is 18.8 Å². The maximum Gasteiger partial charge on any atom is 0.125 e. The van der Waals surface area contributed by atoms with E-state index in [1.807, 2.05) is 6.07 Å². The maximum absolute atomic E-state index is 13.3. The van der Waals surface area contributed by atoms with E-state index in [0.29, 0.717) is 11.1 Å². The number of nitrogens with two attached hydrogens (primary N) is 1. The fourth-order valence-corrected chi connectivity index (χ4v) is 2.71. The highest BCUT2D eigenvalue weighted by Gasteiger charge is 2.31. The molecule has 1 saturated heterocycles. The van der Waals surface area contributed by atoms with Gasteiger partial charge in [0.2, 0.25) is 0 Å². The zero-order valence-corrected chi connectivity index (χ0v) is 11.5. The molecule has 0 aromatic heterocycles. The average molecular weight is 250 g/mol. The number of hydrogen-bond acceptors (Lipinski definition) is 2. The summed E-state index contributed by atoms with van der Waals surface area (Å²) in [4.78, 5) is 2.39. The summed E-state index contributed by atoms with van der Waals surface area (Å²) in [6.07, 6.45) is 1.23. The van der Waals surface area contributed by atoms with Gasteiger partial charge in [-0.2, -0.15) is 0 Å². The molecule has 0 radical (unpaired) electrons. The lowest BCUT2D eigenvalue weighted by Gasteiger charge is -2.27. The molecule has 0 aliphatic carbocycles. The molecule has 100 valence electrons. The van der Waals surface area contributed by atoms with E-state index in [1.165, 1.54) is 12.5 Å². The number of benzene rings is 1. The molecule has 2 N–H and O–H groups in total. The summed E-state index contributed by atoms with van der Waals surface area (Å²) in [6, 6.07) is 4.82. The van der Waals surface area contributed by atoms with E-state index in [0.717, 1.165) is 31.1 Å². The molecule has 18 heavy (non-hydrogen) atoms. The van der Waals surface area contributed by atoms with Gasteiger partial charge in [0.05, 0.1) is 0 Å². The Morgan fingerprint density at radius 1 is 1.33 bits per heavy atom. The van der Waals surface area contributed by atoms with Crippen molar-refractivity contribution >= 4 is 5.69 Å². The van der Waals surface area contributed by atoms with Gasteiger partial charge in [-0.25, -0.2) is 4.39 Å². The van der Waals surface area contributed by atoms with Crippen LogP contribution in [0.3, 0.4) is 0 Å². The van der Waals surface area contributed by atoms with E-state index in [-0.39, 0.29) is 5.82 Å². The third kappa shape index (κ3) is 3.22. The van der Waals surface area contributed by atoms with Crippen LogP contribution < -0.4 is 5.73 Å². The largest absolute Gasteiger partial charge is 0.399 e. The van der Waals surface area contributed by atoms with E-state index >= 15 is 0 Å². The molecule has 2 nitrogen and oxygen atoms in total. The highest BCUT2D eigenvalue weighted by atomic mass is 19.1. The van der Waals surface area contributed by atoms with Crippen LogP contribution in [0.5, 0.6) is 0 Å². The Kier molecular flexibility index (Phi) is 3.62. The van der Waals surface area contributed by atoms with Gasteiger partial charge in [-0.05, 0) is 48.1 Å². The molecule has 1 atom stereocenters. The molecule has 1 heterocycles. The number of halogens is 1. The van der Waals surface area contributed by atoms with Gasteiger partial charge in [0.15, 0.2) is 0 Å². The number of rotatable bonds is 2. The molecule has 1 aliphatic heterocycles. The predicted octanol–water partition coefficient (Wildman–Crippen LogP) is 3.28. The van der Waals surface area contributed by atoms with E-state index in [2.05, 4.69) is 25.7 Å². The fourth-order valence-electron chi connectivity index (χ4n) is 2.71. The van der Waals surface area contributed by atoms with Crippen molar-refractivity contribution < 1.29 is 4.39 Å². The van der Waals surface area contributed by atoms with Crippen LogP contribution in [0.4, 0.5) is 10.1 Å². The first-order valence-corrected chi connectivity index (χ1v) is 6.62. The van der Waals surface area contributed by atoms with Gasteiger partial charge in [-0.1, -0.05) is 20.8 Å². The molecule has 0 spiro atoms. The van der Waals surface area contributed by atoms with Crippen molar-refractivity contribution in [1.29, 1.82) is 0 Å². The normalized spacial score (nSPS) is 21.4. The van der Waals surface area contributed by atoms with Gasteiger partial charge < -0.3 is 5.73 Å². The Morgan fingerprint density at radius 3 is 2.61 bits per heavy atom. The zero-order valence-electron chi connectivity index (χ0n) is 11.5. The Balaban J connectivity index is 1.99. The molecule has 1 aliphatic rings. The van der Waals surface area contributed by atoms with Crippen molar-refractivity contribution in [1.82, 2.24) is 4.90 Å². The molecule has 1 unspecified atom stereocenters. The lowest BCUT2D eigenvalue weighted by molar-refractivity contribution is 0.226. The lowest BCUT2D eigenvalue weighted by Crippen LogP contribution is -2.25. The van der Waals surface area contributed by atoms with Crippen molar-refractivity contribution in [2.45, 2.75) is 33.7 Å². The average Bonchev–Trinajstić information content (AvgIpc) is 2.63. The van der Waals surface area contributed by atoms with Gasteiger partial charge in [0.1, 0.15) is 5.82 Å². The summed E-state index contributed by atoms with van der Waals surface area (Å²) >= 11 is 0. The summed E-state index contributed by atoms with van der Waals surface area (Å²) in [7, 11) is 0. The van der Waals surface area contributed by atoms with Gasteiger partial charge in [-0.3, -0.25) is 4.90 Å². The van der Waals surface area contributed by atoms with Crippen LogP contribution in [0.2, 0.25) is 0 Å². The smallest absolute Gasteiger partial charge is 0.125 e. The van der Waals surface area contributed by atoms with Crippen LogP contribution in [-0.4, -0.2) is 18.0 Å². The number of nitrogen functional groups attached to an aromatic ring is 1. The number of hydrogen-bond donors (Lipinski definition) is 1. The minimum Gasteiger partial charge on any atom is -0.399 e. The summed E-state index contributed by atoms with van der Waals surface area (Å²) in [5.74, 6) is 0.486. The van der Waals surface area contributed by atoms with Crippen molar-refractivity contribution in [3.63, 3.8) is 0 Å². The quantitative estimate of drug-likeness (QED) is 0.816. The van der Waals surface area contributed by atoms with Crippen LogP contribution in [0.1, 0.15) is 32.8 Å². The summed E-state index contributed by atoms with van der Waals surface area (Å²) in [5.41, 5.74) is 7.51. The monoisotopic (exact) mass is 250 g/mol. The molecule has 0 saturated carbocycles. The van der Waals surface area contributed by atoms with Gasteiger partial charge >= 0.3 is 0 Å². The molecular weight excluding hydrogens is 227 g/mol. The SMILES string of the molecule is CC(C)(C)C1CCN(Cc2cc(N)cc(F)c2)C1. The molecule has 1 aromatic rings. The Hall–Kier alpha value is -1.09. The highest BCUT2D eigenvalue weighted by Crippen LogP contribution is 2.34. The standard InChI is InChI=1S/C15H23FN2/c1-15(2,3)12-4-5-18(10-12)9-11-6-13(16)8-14(17)7-11/h6-8,12H,4-5,9-10,17H2,1-3H3. The van der Waals surface area contributed by atoms with E-state index in [9.17, 15) is 4.39 Å². The second-order valence-corrected chi connectivity index (χ2v) is 6.48. The fraction of sp³-hybridized carbons (Fsp3) is 0.600. The summed E-state index contributed by atoms with van der Waals surface area (Å²) in [6.45, 7) is 9.87. The first-order chi connectivity index (χ1) is 8.34. The predicted molar refractivity (Wildman–Crippen MR) is 73.7 cm³/mol. The second kappa shape index (κ2) is 4.88. The maximum atomic E-state index is 13.3. The Labute approximate surface area is 109 Å². The number of nitrogens with zero attached hydrogens (tertiary/aromatic N) is 1. The van der Waals surface area contributed by atoms with Crippen molar-refractivity contribution in [3.05, 3.63) is 29.6 Å². The van der Waals surface area contributed by atoms with Crippen molar-refractivity contribution in [3.8, 4) is 0 Å². The Morgan fingerprint density at radius 2 is 2.06 bits per heavy atom. The Bertz CT molecular complexity index is 403. The molecule has 0 bridgehead atoms. The van der Waals surface area contributed by atoms with Crippen LogP contribution in [0.25, 0.3) is 0 Å². The van der Waals surface area contributed by atoms with Gasteiger partial charge in [-0.15, -0.1) is 0 Å². The van der Waals surface area contributed by atoms with Crippen LogP contribution >= 0.6 is 0 Å². The minimum absolute atomic E-state index is 0.239. The van der Waals surface area contributed by atoms with Gasteiger partial charge in [0.25, 0.3) is 0 Å². The minimum atomic E-state index is -0.239. The van der Waals surface area contributed by atoms with Crippen LogP contribution in [0.15, 0.2) is 18.2 Å². The summed E-state index contributed by atoms with van der Waals surface area (Å²) in [5, 5.41) is 0. The molecule has 1 aromatic carbocycles. The number of likely N-dealkylation sites (tertiary alicyclic amines) is 1. The summed E-state index contributed by atoms with van der Waals surface area (Å²) < 4.78 is 13.3. The topological polar surface area (TPSA) is 29.3 Å².